The van der Waals surface area contributed by atoms with Gasteiger partial charge in [-0.1, -0.05) is 6.92 Å². The second kappa shape index (κ2) is 4.51. The minimum Gasteiger partial charge on any atom is -0.382 e. The van der Waals surface area contributed by atoms with E-state index in [1.54, 1.807) is 6.20 Å². The third-order valence-electron chi connectivity index (χ3n) is 3.17. The Morgan fingerprint density at radius 3 is 2.81 bits per heavy atom. The molecule has 0 atom stereocenters. The number of aromatic nitrogens is 1. The van der Waals surface area contributed by atoms with Crippen molar-refractivity contribution in [1.29, 1.82) is 5.41 Å². The monoisotopic (exact) mass is 218 g/mol. The number of rotatable bonds is 2. The Kier molecular flexibility index (Phi) is 3.08. The molecule has 1 fully saturated rings. The zero-order chi connectivity index (χ0) is 11.5. The molecule has 0 bridgehead atoms. The lowest BCUT2D eigenvalue weighted by Crippen LogP contribution is -2.33. The van der Waals surface area contributed by atoms with Gasteiger partial charge in [-0.3, -0.25) is 10.4 Å². The molecule has 16 heavy (non-hydrogen) atoms. The summed E-state index contributed by atoms with van der Waals surface area (Å²) in [5.41, 5.74) is 7.13. The van der Waals surface area contributed by atoms with Crippen LogP contribution in [0.5, 0.6) is 0 Å². The topological polar surface area (TPSA) is 66.0 Å². The second-order valence-electron chi connectivity index (χ2n) is 4.48. The molecule has 2 rings (SSSR count). The van der Waals surface area contributed by atoms with Crippen LogP contribution in [-0.4, -0.2) is 23.9 Å². The van der Waals surface area contributed by atoms with Crippen molar-refractivity contribution >= 4 is 11.5 Å². The fraction of sp³-hybridized carbons (Fsp3) is 0.500. The van der Waals surface area contributed by atoms with Crippen LogP contribution in [0.2, 0.25) is 0 Å². The highest BCUT2D eigenvalue weighted by Gasteiger charge is 2.16. The molecule has 3 N–H and O–H groups in total. The number of pyridine rings is 1. The van der Waals surface area contributed by atoms with Gasteiger partial charge in [-0.05, 0) is 30.9 Å². The van der Waals surface area contributed by atoms with Crippen molar-refractivity contribution in [3.8, 4) is 0 Å². The maximum Gasteiger partial charge on any atom is 0.141 e. The molecule has 1 saturated heterocycles. The molecule has 1 aromatic rings. The Hall–Kier alpha value is -1.58. The largest absolute Gasteiger partial charge is 0.382 e. The zero-order valence-electron chi connectivity index (χ0n) is 9.61. The summed E-state index contributed by atoms with van der Waals surface area (Å²) in [5, 5.41) is 7.37. The minimum absolute atomic E-state index is 0.0345. The zero-order valence-corrected chi connectivity index (χ0v) is 9.61. The first-order valence-corrected chi connectivity index (χ1v) is 5.72. The van der Waals surface area contributed by atoms with Gasteiger partial charge in [0.1, 0.15) is 11.5 Å². The van der Waals surface area contributed by atoms with Crippen LogP contribution in [0.3, 0.4) is 0 Å². The normalized spacial score (nSPS) is 17.4. The molecule has 2 heterocycles. The van der Waals surface area contributed by atoms with Crippen molar-refractivity contribution in [2.75, 3.05) is 18.0 Å². The van der Waals surface area contributed by atoms with Crippen LogP contribution in [0.15, 0.2) is 18.3 Å². The Labute approximate surface area is 96.0 Å². The maximum absolute atomic E-state index is 7.37. The fourth-order valence-corrected chi connectivity index (χ4v) is 2.03. The van der Waals surface area contributed by atoms with E-state index in [4.69, 9.17) is 11.1 Å². The Morgan fingerprint density at radius 1 is 1.50 bits per heavy atom. The van der Waals surface area contributed by atoms with E-state index >= 15 is 0 Å². The van der Waals surface area contributed by atoms with Crippen LogP contribution in [0.4, 0.5) is 5.69 Å². The first-order chi connectivity index (χ1) is 7.66. The average molecular weight is 218 g/mol. The van der Waals surface area contributed by atoms with Crippen LogP contribution < -0.4 is 10.6 Å². The number of nitrogens with one attached hydrogen (secondary N) is 1. The quantitative estimate of drug-likeness (QED) is 0.585. The molecule has 0 amide bonds. The number of piperidine rings is 1. The Balaban J connectivity index is 2.14. The second-order valence-corrected chi connectivity index (χ2v) is 4.48. The first kappa shape index (κ1) is 10.9. The number of nitrogen functional groups attached to an aromatic ring is 1. The molecular weight excluding hydrogens is 200 g/mol. The van der Waals surface area contributed by atoms with Gasteiger partial charge in [-0.15, -0.1) is 0 Å². The number of amidine groups is 1. The number of anilines is 1. The van der Waals surface area contributed by atoms with E-state index in [2.05, 4.69) is 16.8 Å². The highest BCUT2D eigenvalue weighted by atomic mass is 15.1. The van der Waals surface area contributed by atoms with E-state index in [0.29, 0.717) is 5.69 Å². The number of nitrogens with two attached hydrogens (primary N) is 1. The summed E-state index contributed by atoms with van der Waals surface area (Å²) in [5.74, 6) is 0.859. The smallest absolute Gasteiger partial charge is 0.141 e. The molecule has 4 nitrogen and oxygen atoms in total. The van der Waals surface area contributed by atoms with Crippen LogP contribution in [0.25, 0.3) is 0 Å². The van der Waals surface area contributed by atoms with Gasteiger partial charge in [0, 0.05) is 25.0 Å². The van der Waals surface area contributed by atoms with Crippen molar-refractivity contribution in [1.82, 2.24) is 4.98 Å². The summed E-state index contributed by atoms with van der Waals surface area (Å²) in [7, 11) is 0. The highest BCUT2D eigenvalue weighted by Crippen LogP contribution is 2.22. The van der Waals surface area contributed by atoms with Gasteiger partial charge in [0.05, 0.1) is 0 Å². The number of hydrogen-bond donors (Lipinski definition) is 2. The average Bonchev–Trinajstić information content (AvgIpc) is 2.30. The van der Waals surface area contributed by atoms with Crippen molar-refractivity contribution in [3.05, 3.63) is 24.0 Å². The van der Waals surface area contributed by atoms with Gasteiger partial charge in [-0.2, -0.15) is 0 Å². The van der Waals surface area contributed by atoms with Crippen molar-refractivity contribution in [3.63, 3.8) is 0 Å². The van der Waals surface area contributed by atoms with E-state index in [0.717, 1.165) is 24.7 Å². The Bertz CT molecular complexity index is 380. The highest BCUT2D eigenvalue weighted by molar-refractivity contribution is 5.93. The van der Waals surface area contributed by atoms with Crippen LogP contribution in [0.1, 0.15) is 25.5 Å². The summed E-state index contributed by atoms with van der Waals surface area (Å²) >= 11 is 0. The molecule has 86 valence electrons. The third-order valence-corrected chi connectivity index (χ3v) is 3.17. The lowest BCUT2D eigenvalue weighted by Gasteiger charge is -2.32. The van der Waals surface area contributed by atoms with Crippen molar-refractivity contribution in [2.45, 2.75) is 19.8 Å². The third kappa shape index (κ3) is 2.32. The number of nitrogens with zero attached hydrogens (tertiary/aromatic N) is 2. The summed E-state index contributed by atoms with van der Waals surface area (Å²) < 4.78 is 0. The van der Waals surface area contributed by atoms with Gasteiger partial charge >= 0.3 is 0 Å². The van der Waals surface area contributed by atoms with Gasteiger partial charge in [0.25, 0.3) is 0 Å². The van der Waals surface area contributed by atoms with E-state index in [9.17, 15) is 0 Å². The van der Waals surface area contributed by atoms with E-state index in [-0.39, 0.29) is 5.84 Å². The standard InChI is InChI=1S/C12H18N4/c1-9-3-6-16(7-4-9)10-2-5-15-11(8-10)12(13)14/h2,5,8-9H,3-4,6-7H2,1H3,(H3,13,14). The predicted molar refractivity (Wildman–Crippen MR) is 65.9 cm³/mol. The van der Waals surface area contributed by atoms with Gasteiger partial charge in [-0.25, -0.2) is 0 Å². The summed E-state index contributed by atoms with van der Waals surface area (Å²) in [6.45, 7) is 4.47. The molecule has 0 radical (unpaired) electrons. The molecule has 1 aliphatic heterocycles. The van der Waals surface area contributed by atoms with Crippen LogP contribution in [-0.2, 0) is 0 Å². The van der Waals surface area contributed by atoms with Gasteiger partial charge in [0.15, 0.2) is 0 Å². The number of hydrogen-bond acceptors (Lipinski definition) is 3. The molecule has 0 spiro atoms. The Morgan fingerprint density at radius 2 is 2.19 bits per heavy atom. The predicted octanol–water partition coefficient (Wildman–Crippen LogP) is 1.60. The van der Waals surface area contributed by atoms with Gasteiger partial charge < -0.3 is 10.6 Å². The maximum atomic E-state index is 7.37. The fourth-order valence-electron chi connectivity index (χ4n) is 2.03. The molecule has 0 aliphatic carbocycles. The molecule has 0 aromatic carbocycles. The lowest BCUT2D eigenvalue weighted by atomic mass is 9.99. The van der Waals surface area contributed by atoms with E-state index in [1.165, 1.54) is 12.8 Å². The van der Waals surface area contributed by atoms with Crippen LogP contribution in [0, 0.1) is 11.3 Å². The summed E-state index contributed by atoms with van der Waals surface area (Å²) in [4.78, 5) is 6.41. The summed E-state index contributed by atoms with van der Waals surface area (Å²) in [6.07, 6.45) is 4.19. The first-order valence-electron chi connectivity index (χ1n) is 5.72. The summed E-state index contributed by atoms with van der Waals surface area (Å²) in [6, 6.07) is 3.89. The molecule has 0 saturated carbocycles. The lowest BCUT2D eigenvalue weighted by molar-refractivity contribution is 0.438. The van der Waals surface area contributed by atoms with E-state index < -0.39 is 0 Å². The molecular formula is C12H18N4. The van der Waals surface area contributed by atoms with Crippen molar-refractivity contribution in [2.24, 2.45) is 11.7 Å². The van der Waals surface area contributed by atoms with Crippen LogP contribution >= 0.6 is 0 Å². The molecule has 0 unspecified atom stereocenters. The molecule has 1 aromatic heterocycles. The van der Waals surface area contributed by atoms with E-state index in [1.807, 2.05) is 12.1 Å². The minimum atomic E-state index is 0.0345. The SMILES string of the molecule is CC1CCN(c2ccnc(C(=N)N)c2)CC1. The van der Waals surface area contributed by atoms with Gasteiger partial charge in [0.2, 0.25) is 0 Å². The van der Waals surface area contributed by atoms with Crippen molar-refractivity contribution < 1.29 is 0 Å². The molecule has 4 heteroatoms. The molecule has 1 aliphatic rings.